The van der Waals surface area contributed by atoms with Crippen LogP contribution in [0, 0.1) is 12.7 Å². The van der Waals surface area contributed by atoms with E-state index in [0.29, 0.717) is 11.1 Å². The van der Waals surface area contributed by atoms with E-state index in [-0.39, 0.29) is 28.1 Å². The minimum absolute atomic E-state index is 0.0414. The van der Waals surface area contributed by atoms with Crippen molar-refractivity contribution < 1.29 is 9.18 Å². The maximum atomic E-state index is 14.5. The van der Waals surface area contributed by atoms with Crippen molar-refractivity contribution in [1.82, 2.24) is 24.8 Å². The topological polar surface area (TPSA) is 106 Å². The normalized spacial score (nSPS) is 11.0. The largest absolute Gasteiger partial charge is 0.298 e. The highest BCUT2D eigenvalue weighted by Gasteiger charge is 2.21. The highest BCUT2D eigenvalue weighted by Crippen LogP contribution is 2.27. The smallest absolute Gasteiger partial charge is 0.270 e. The van der Waals surface area contributed by atoms with Crippen LogP contribution in [0.5, 0.6) is 0 Å². The lowest BCUT2D eigenvalue weighted by Gasteiger charge is -2.14. The van der Waals surface area contributed by atoms with Crippen molar-refractivity contribution in [3.05, 3.63) is 100 Å². The summed E-state index contributed by atoms with van der Waals surface area (Å²) in [5.74, 6) is -0.805. The molecule has 0 saturated heterocycles. The second-order valence-electron chi connectivity index (χ2n) is 7.40. The number of carbonyl (C=O) groups is 1. The van der Waals surface area contributed by atoms with Crippen LogP contribution in [0.15, 0.2) is 77.9 Å². The highest BCUT2D eigenvalue weighted by molar-refractivity contribution is 6.00. The van der Waals surface area contributed by atoms with E-state index in [4.69, 9.17) is 0 Å². The Morgan fingerprint density at radius 2 is 1.85 bits per heavy atom. The molecule has 0 aliphatic carbocycles. The van der Waals surface area contributed by atoms with Gasteiger partial charge in [0.1, 0.15) is 17.0 Å². The number of benzene rings is 2. The van der Waals surface area contributed by atoms with E-state index < -0.39 is 17.3 Å². The molecule has 1 amide bonds. The SMILES string of the molecule is Cc1cccc(-c2nc3c(-c4ccccc4F)n[nH]c3c(=O)n2NC(=O)c2ccncc2)c1. The molecule has 0 saturated carbocycles. The Morgan fingerprint density at radius 1 is 1.06 bits per heavy atom. The number of carbonyl (C=O) groups excluding carboxylic acids is 1. The summed E-state index contributed by atoms with van der Waals surface area (Å²) in [7, 11) is 0. The van der Waals surface area contributed by atoms with Gasteiger partial charge in [0.05, 0.1) is 0 Å². The number of aryl methyl sites for hydroxylation is 1. The monoisotopic (exact) mass is 440 g/mol. The zero-order chi connectivity index (χ0) is 22.9. The number of rotatable bonds is 4. The molecule has 5 rings (SSSR count). The Hall–Kier alpha value is -4.66. The van der Waals surface area contributed by atoms with E-state index in [1.807, 2.05) is 25.1 Å². The lowest BCUT2D eigenvalue weighted by Crippen LogP contribution is -2.35. The zero-order valence-electron chi connectivity index (χ0n) is 17.4. The van der Waals surface area contributed by atoms with Crippen molar-refractivity contribution in [3.8, 4) is 22.6 Å². The van der Waals surface area contributed by atoms with Crippen molar-refractivity contribution in [2.24, 2.45) is 0 Å². The van der Waals surface area contributed by atoms with Crippen molar-refractivity contribution in [2.45, 2.75) is 6.92 Å². The number of H-pyrrole nitrogens is 1. The molecular weight excluding hydrogens is 423 g/mol. The van der Waals surface area contributed by atoms with Crippen LogP contribution in [0.25, 0.3) is 33.7 Å². The summed E-state index contributed by atoms with van der Waals surface area (Å²) in [5, 5.41) is 6.81. The van der Waals surface area contributed by atoms with E-state index in [0.717, 1.165) is 10.2 Å². The minimum atomic E-state index is -0.575. The fourth-order valence-electron chi connectivity index (χ4n) is 3.55. The molecule has 0 aliphatic heterocycles. The van der Waals surface area contributed by atoms with Crippen molar-refractivity contribution >= 4 is 16.9 Å². The Labute approximate surface area is 186 Å². The Kier molecular flexibility index (Phi) is 4.98. The molecule has 0 bridgehead atoms. The number of aromatic nitrogens is 5. The summed E-state index contributed by atoms with van der Waals surface area (Å²) < 4.78 is 15.5. The average Bonchev–Trinajstić information content (AvgIpc) is 3.25. The Balaban J connectivity index is 1.75. The number of nitrogens with one attached hydrogen (secondary N) is 2. The van der Waals surface area contributed by atoms with Crippen LogP contribution in [-0.2, 0) is 0 Å². The standard InChI is InChI=1S/C24H17FN6O2/c1-14-5-4-6-16(13-14)22-27-20-19(17-7-2-3-8-18(17)25)28-29-21(20)24(33)31(22)30-23(32)15-9-11-26-12-10-15/h2-13H,1H3,(H,28,29)(H,30,32). The van der Waals surface area contributed by atoms with Gasteiger partial charge in [-0.25, -0.2) is 9.37 Å². The predicted molar refractivity (Wildman–Crippen MR) is 122 cm³/mol. The lowest BCUT2D eigenvalue weighted by atomic mass is 10.1. The van der Waals surface area contributed by atoms with Crippen LogP contribution in [0.3, 0.4) is 0 Å². The van der Waals surface area contributed by atoms with Gasteiger partial charge in [-0.15, -0.1) is 0 Å². The van der Waals surface area contributed by atoms with E-state index >= 15 is 0 Å². The van der Waals surface area contributed by atoms with Gasteiger partial charge in [-0.3, -0.25) is 25.1 Å². The third-order valence-electron chi connectivity index (χ3n) is 5.15. The molecule has 3 aromatic heterocycles. The van der Waals surface area contributed by atoms with Crippen molar-refractivity contribution in [2.75, 3.05) is 5.43 Å². The number of amides is 1. The first-order chi connectivity index (χ1) is 16.0. The molecule has 0 spiro atoms. The Morgan fingerprint density at radius 3 is 2.61 bits per heavy atom. The maximum absolute atomic E-state index is 14.5. The van der Waals surface area contributed by atoms with Crippen LogP contribution >= 0.6 is 0 Å². The number of fused-ring (bicyclic) bond motifs is 1. The highest BCUT2D eigenvalue weighted by atomic mass is 19.1. The first-order valence-corrected chi connectivity index (χ1v) is 10.1. The molecule has 2 N–H and O–H groups in total. The first-order valence-electron chi connectivity index (χ1n) is 10.1. The van der Waals surface area contributed by atoms with Gasteiger partial charge in [0.2, 0.25) is 0 Å². The quantitative estimate of drug-likeness (QED) is 0.444. The van der Waals surface area contributed by atoms with E-state index in [2.05, 4.69) is 25.6 Å². The van der Waals surface area contributed by atoms with E-state index in [1.165, 1.54) is 30.6 Å². The molecule has 0 unspecified atom stereocenters. The van der Waals surface area contributed by atoms with E-state index in [1.54, 1.807) is 24.3 Å². The van der Waals surface area contributed by atoms with Gasteiger partial charge in [-0.2, -0.15) is 9.77 Å². The molecule has 162 valence electrons. The summed E-state index contributed by atoms with van der Waals surface area (Å²) in [6, 6.07) is 16.5. The first kappa shape index (κ1) is 20.3. The number of aromatic amines is 1. The van der Waals surface area contributed by atoms with Crippen molar-refractivity contribution in [3.63, 3.8) is 0 Å². The molecule has 0 fully saturated rings. The average molecular weight is 440 g/mol. The van der Waals surface area contributed by atoms with Gasteiger partial charge in [0.25, 0.3) is 11.5 Å². The van der Waals surface area contributed by atoms with Gasteiger partial charge >= 0.3 is 0 Å². The second kappa shape index (κ2) is 8.12. The van der Waals surface area contributed by atoms with Crippen molar-refractivity contribution in [1.29, 1.82) is 0 Å². The summed E-state index contributed by atoms with van der Waals surface area (Å²) in [6.07, 6.45) is 2.96. The molecule has 5 aromatic rings. The number of pyridine rings is 1. The number of hydrogen-bond acceptors (Lipinski definition) is 5. The maximum Gasteiger partial charge on any atom is 0.298 e. The van der Waals surface area contributed by atoms with Gasteiger partial charge in [0, 0.05) is 29.1 Å². The van der Waals surface area contributed by atoms with Gasteiger partial charge in [0.15, 0.2) is 11.3 Å². The Bertz CT molecular complexity index is 1560. The fraction of sp³-hybridized carbons (Fsp3) is 0.0417. The van der Waals surface area contributed by atoms with E-state index in [9.17, 15) is 14.0 Å². The summed E-state index contributed by atoms with van der Waals surface area (Å²) >= 11 is 0. The van der Waals surface area contributed by atoms with Crippen LogP contribution in [0.1, 0.15) is 15.9 Å². The third kappa shape index (κ3) is 3.65. The molecule has 2 aromatic carbocycles. The predicted octanol–water partition coefficient (Wildman–Crippen LogP) is 3.68. The summed E-state index contributed by atoms with van der Waals surface area (Å²) in [6.45, 7) is 1.91. The molecule has 8 nitrogen and oxygen atoms in total. The van der Waals surface area contributed by atoms with Crippen LogP contribution in [-0.4, -0.2) is 30.7 Å². The summed E-state index contributed by atoms with van der Waals surface area (Å²) in [5.41, 5.74) is 4.58. The van der Waals surface area contributed by atoms with Gasteiger partial charge in [-0.1, -0.05) is 35.9 Å². The zero-order valence-corrected chi connectivity index (χ0v) is 17.4. The van der Waals surface area contributed by atoms with Crippen LogP contribution < -0.4 is 11.0 Å². The molecule has 0 aliphatic rings. The van der Waals surface area contributed by atoms with Crippen LogP contribution in [0.4, 0.5) is 4.39 Å². The molecule has 33 heavy (non-hydrogen) atoms. The molecular formula is C24H17FN6O2. The van der Waals surface area contributed by atoms with Gasteiger partial charge < -0.3 is 0 Å². The number of hydrogen-bond donors (Lipinski definition) is 2. The fourth-order valence-corrected chi connectivity index (χ4v) is 3.55. The number of halogens is 1. The lowest BCUT2D eigenvalue weighted by molar-refractivity contribution is 0.101. The molecule has 0 atom stereocenters. The third-order valence-corrected chi connectivity index (χ3v) is 5.15. The second-order valence-corrected chi connectivity index (χ2v) is 7.40. The summed E-state index contributed by atoms with van der Waals surface area (Å²) in [4.78, 5) is 34.8. The van der Waals surface area contributed by atoms with Gasteiger partial charge in [-0.05, 0) is 37.3 Å². The number of nitrogens with zero attached hydrogens (tertiary/aromatic N) is 4. The molecule has 0 radical (unpaired) electrons. The molecule has 9 heteroatoms. The minimum Gasteiger partial charge on any atom is -0.270 e. The molecule has 3 heterocycles. The van der Waals surface area contributed by atoms with Crippen LogP contribution in [0.2, 0.25) is 0 Å².